The number of ether oxygens (including phenoxy) is 1. The molecule has 1 aliphatic rings. The van der Waals surface area contributed by atoms with Crippen LogP contribution in [-0.2, 0) is 4.74 Å². The smallest absolute Gasteiger partial charge is 0.0518 e. The molecule has 106 valence electrons. The van der Waals surface area contributed by atoms with Gasteiger partial charge in [-0.15, -0.1) is 0 Å². The van der Waals surface area contributed by atoms with Gasteiger partial charge < -0.3 is 10.1 Å². The van der Waals surface area contributed by atoms with Gasteiger partial charge in [0.15, 0.2) is 0 Å². The Morgan fingerprint density at radius 3 is 2.47 bits per heavy atom. The topological polar surface area (TPSA) is 21.3 Å². The highest BCUT2D eigenvalue weighted by atomic mass is 16.5. The summed E-state index contributed by atoms with van der Waals surface area (Å²) in [4.78, 5) is 0. The van der Waals surface area contributed by atoms with Crippen molar-refractivity contribution in [1.82, 2.24) is 5.32 Å². The molecule has 0 aliphatic heterocycles. The normalized spacial score (nSPS) is 16.8. The van der Waals surface area contributed by atoms with Crippen molar-refractivity contribution in [2.45, 2.75) is 52.2 Å². The predicted molar refractivity (Wildman–Crippen MR) is 80.4 cm³/mol. The fourth-order valence-corrected chi connectivity index (χ4v) is 2.41. The number of rotatable bonds is 8. The molecule has 1 N–H and O–H groups in total. The van der Waals surface area contributed by atoms with Crippen molar-refractivity contribution < 1.29 is 4.74 Å². The molecule has 1 aromatic carbocycles. The molecule has 0 spiro atoms. The molecule has 1 saturated carbocycles. The highest BCUT2D eigenvalue weighted by molar-refractivity contribution is 5.25. The van der Waals surface area contributed by atoms with Gasteiger partial charge in [-0.3, -0.25) is 0 Å². The zero-order valence-corrected chi connectivity index (χ0v) is 12.5. The minimum Gasteiger partial charge on any atom is -0.379 e. The van der Waals surface area contributed by atoms with Gasteiger partial charge in [0.1, 0.15) is 0 Å². The van der Waals surface area contributed by atoms with Crippen LogP contribution < -0.4 is 5.32 Å². The molecule has 2 rings (SSSR count). The first-order valence-corrected chi connectivity index (χ1v) is 7.58. The third kappa shape index (κ3) is 4.96. The monoisotopic (exact) mass is 261 g/mol. The molecule has 1 aliphatic carbocycles. The fraction of sp³-hybridized carbons (Fsp3) is 0.647. The number of nitrogens with one attached hydrogen (secondary N) is 1. The third-order valence-corrected chi connectivity index (χ3v) is 3.67. The summed E-state index contributed by atoms with van der Waals surface area (Å²) in [6.45, 7) is 8.23. The zero-order chi connectivity index (χ0) is 13.7. The summed E-state index contributed by atoms with van der Waals surface area (Å²) in [5.41, 5.74) is 2.78. The van der Waals surface area contributed by atoms with Crippen molar-refractivity contribution in [3.05, 3.63) is 35.4 Å². The molecular weight excluding hydrogens is 234 g/mol. The van der Waals surface area contributed by atoms with E-state index in [1.54, 1.807) is 0 Å². The minimum atomic E-state index is 0.344. The van der Waals surface area contributed by atoms with Gasteiger partial charge in [-0.05, 0) is 58.1 Å². The van der Waals surface area contributed by atoms with E-state index in [0.717, 1.165) is 25.5 Å². The third-order valence-electron chi connectivity index (χ3n) is 3.67. The van der Waals surface area contributed by atoms with Gasteiger partial charge in [-0.2, -0.15) is 0 Å². The zero-order valence-electron chi connectivity index (χ0n) is 12.5. The van der Waals surface area contributed by atoms with E-state index in [1.165, 1.54) is 24.0 Å². The van der Waals surface area contributed by atoms with Crippen molar-refractivity contribution in [1.29, 1.82) is 0 Å². The summed E-state index contributed by atoms with van der Waals surface area (Å²) >= 11 is 0. The fourth-order valence-electron chi connectivity index (χ4n) is 2.41. The molecule has 0 heterocycles. The van der Waals surface area contributed by atoms with E-state index in [0.29, 0.717) is 12.1 Å². The maximum absolute atomic E-state index is 5.58. The maximum atomic E-state index is 5.58. The molecule has 0 saturated heterocycles. The second-order valence-electron chi connectivity index (χ2n) is 5.95. The van der Waals surface area contributed by atoms with Crippen LogP contribution in [0.1, 0.15) is 50.3 Å². The van der Waals surface area contributed by atoms with E-state index in [2.05, 4.69) is 50.4 Å². The second-order valence-corrected chi connectivity index (χ2v) is 5.95. The van der Waals surface area contributed by atoms with Crippen LogP contribution in [0.2, 0.25) is 0 Å². The molecule has 2 nitrogen and oxygen atoms in total. The van der Waals surface area contributed by atoms with Crippen molar-refractivity contribution in [3.63, 3.8) is 0 Å². The average Bonchev–Trinajstić information content (AvgIpc) is 3.19. The number of aryl methyl sites for hydroxylation is 1. The molecule has 0 amide bonds. The lowest BCUT2D eigenvalue weighted by Gasteiger charge is -2.19. The highest BCUT2D eigenvalue weighted by Gasteiger charge is 2.31. The molecule has 2 heteroatoms. The van der Waals surface area contributed by atoms with Crippen LogP contribution in [0, 0.1) is 12.8 Å². The molecule has 0 bridgehead atoms. The first-order valence-electron chi connectivity index (χ1n) is 7.58. The Morgan fingerprint density at radius 1 is 1.21 bits per heavy atom. The van der Waals surface area contributed by atoms with E-state index in [1.807, 2.05) is 0 Å². The Kier molecular flexibility index (Phi) is 5.41. The van der Waals surface area contributed by atoms with Crippen LogP contribution in [0.4, 0.5) is 0 Å². The van der Waals surface area contributed by atoms with Gasteiger partial charge in [0.2, 0.25) is 0 Å². The quantitative estimate of drug-likeness (QED) is 0.718. The number of hydrogen-bond acceptors (Lipinski definition) is 2. The van der Waals surface area contributed by atoms with Crippen LogP contribution in [0.15, 0.2) is 24.3 Å². The van der Waals surface area contributed by atoms with Crippen molar-refractivity contribution in [2.24, 2.45) is 5.92 Å². The van der Waals surface area contributed by atoms with Crippen molar-refractivity contribution >= 4 is 0 Å². The van der Waals surface area contributed by atoms with Crippen LogP contribution in [0.5, 0.6) is 0 Å². The van der Waals surface area contributed by atoms with Gasteiger partial charge in [0, 0.05) is 12.6 Å². The minimum absolute atomic E-state index is 0.344. The maximum Gasteiger partial charge on any atom is 0.0518 e. The standard InChI is InChI=1S/C17H27NO/c1-13(2)19-12-4-11-18-17(16-9-10-16)15-7-5-14(3)6-8-15/h5-8,13,16-18H,4,9-12H2,1-3H3. The van der Waals surface area contributed by atoms with Crippen molar-refractivity contribution in [3.8, 4) is 0 Å². The Morgan fingerprint density at radius 2 is 1.89 bits per heavy atom. The van der Waals surface area contributed by atoms with Gasteiger partial charge in [-0.25, -0.2) is 0 Å². The lowest BCUT2D eigenvalue weighted by atomic mass is 10.0. The first kappa shape index (κ1) is 14.5. The predicted octanol–water partition coefficient (Wildman–Crippen LogP) is 3.85. The summed E-state index contributed by atoms with van der Waals surface area (Å²) in [5, 5.41) is 3.71. The van der Waals surface area contributed by atoms with Crippen molar-refractivity contribution in [2.75, 3.05) is 13.2 Å². The van der Waals surface area contributed by atoms with Gasteiger partial charge in [0.05, 0.1) is 6.10 Å². The molecule has 1 aromatic rings. The van der Waals surface area contributed by atoms with E-state index in [9.17, 15) is 0 Å². The summed E-state index contributed by atoms with van der Waals surface area (Å²) in [6.07, 6.45) is 4.17. The van der Waals surface area contributed by atoms with Crippen LogP contribution in [0.25, 0.3) is 0 Å². The highest BCUT2D eigenvalue weighted by Crippen LogP contribution is 2.40. The van der Waals surface area contributed by atoms with Crippen LogP contribution >= 0.6 is 0 Å². The Balaban J connectivity index is 1.78. The molecule has 19 heavy (non-hydrogen) atoms. The molecular formula is C17H27NO. The lowest BCUT2D eigenvalue weighted by Crippen LogP contribution is -2.25. The van der Waals surface area contributed by atoms with Gasteiger partial charge >= 0.3 is 0 Å². The molecule has 1 fully saturated rings. The Bertz CT molecular complexity index is 367. The summed E-state index contributed by atoms with van der Waals surface area (Å²) in [6, 6.07) is 9.52. The van der Waals surface area contributed by atoms with E-state index in [-0.39, 0.29) is 0 Å². The molecule has 0 aromatic heterocycles. The van der Waals surface area contributed by atoms with Crippen LogP contribution in [-0.4, -0.2) is 19.3 Å². The average molecular weight is 261 g/mol. The largest absolute Gasteiger partial charge is 0.379 e. The Hall–Kier alpha value is -0.860. The van der Waals surface area contributed by atoms with Gasteiger partial charge in [0.25, 0.3) is 0 Å². The lowest BCUT2D eigenvalue weighted by molar-refractivity contribution is 0.0766. The molecule has 1 unspecified atom stereocenters. The van der Waals surface area contributed by atoms with Gasteiger partial charge in [-0.1, -0.05) is 29.8 Å². The Labute approximate surface area is 117 Å². The van der Waals surface area contributed by atoms with Crippen LogP contribution in [0.3, 0.4) is 0 Å². The summed E-state index contributed by atoms with van der Waals surface area (Å²) in [5.74, 6) is 0.841. The first-order chi connectivity index (χ1) is 9.16. The molecule has 1 atom stereocenters. The SMILES string of the molecule is Cc1ccc(C(NCCCOC(C)C)C2CC2)cc1. The number of hydrogen-bond donors (Lipinski definition) is 1. The summed E-state index contributed by atoms with van der Waals surface area (Å²) < 4.78 is 5.58. The number of benzene rings is 1. The summed E-state index contributed by atoms with van der Waals surface area (Å²) in [7, 11) is 0. The van der Waals surface area contributed by atoms with E-state index < -0.39 is 0 Å². The van der Waals surface area contributed by atoms with E-state index >= 15 is 0 Å². The molecule has 0 radical (unpaired) electrons. The van der Waals surface area contributed by atoms with E-state index in [4.69, 9.17) is 4.74 Å². The second kappa shape index (κ2) is 7.06.